The van der Waals surface area contributed by atoms with Crippen molar-refractivity contribution in [3.63, 3.8) is 0 Å². The Balaban J connectivity index is 1.27. The maximum Gasteiger partial charge on any atom is 0.302 e. The van der Waals surface area contributed by atoms with Gasteiger partial charge in [0.15, 0.2) is 0 Å². The lowest BCUT2D eigenvalue weighted by atomic mass is 9.58. The Labute approximate surface area is 242 Å². The number of esters is 1. The maximum atomic E-state index is 11.8. The Hall–Kier alpha value is -2.43. The number of benzene rings is 2. The van der Waals surface area contributed by atoms with Gasteiger partial charge in [0.05, 0.1) is 0 Å². The average Bonchev–Trinajstić information content (AvgIpc) is 3.27. The quantitative estimate of drug-likeness (QED) is 0.218. The number of ether oxygens (including phenoxy) is 1. The van der Waals surface area contributed by atoms with E-state index < -0.39 is 8.32 Å². The molecule has 2 fully saturated rings. The summed E-state index contributed by atoms with van der Waals surface area (Å²) in [7, 11) is -2.56. The van der Waals surface area contributed by atoms with Crippen molar-refractivity contribution in [3.05, 3.63) is 83.5 Å². The van der Waals surface area contributed by atoms with Gasteiger partial charge in [0, 0.05) is 24.4 Å². The predicted octanol–water partition coefficient (Wildman–Crippen LogP) is 7.50. The van der Waals surface area contributed by atoms with Gasteiger partial charge in [-0.05, 0) is 72.7 Å². The van der Waals surface area contributed by atoms with Crippen molar-refractivity contribution in [2.45, 2.75) is 103 Å². The Morgan fingerprint density at radius 1 is 0.925 bits per heavy atom. The van der Waals surface area contributed by atoms with Crippen molar-refractivity contribution in [1.29, 1.82) is 0 Å². The monoisotopic (exact) mass is 554 g/mol. The summed E-state index contributed by atoms with van der Waals surface area (Å²) in [6.07, 6.45) is 11.8. The molecule has 1 unspecified atom stereocenters. The molecule has 3 nitrogen and oxygen atoms in total. The molecule has 0 aromatic heterocycles. The number of fused-ring (bicyclic) bond motifs is 4. The van der Waals surface area contributed by atoms with Crippen LogP contribution in [-0.2, 0) is 14.0 Å². The van der Waals surface area contributed by atoms with E-state index in [1.807, 2.05) is 0 Å². The number of rotatable bonds is 5. The van der Waals surface area contributed by atoms with E-state index in [0.717, 1.165) is 44.9 Å². The van der Waals surface area contributed by atoms with Gasteiger partial charge < -0.3 is 9.16 Å². The van der Waals surface area contributed by atoms with Gasteiger partial charge in [-0.1, -0.05) is 111 Å². The van der Waals surface area contributed by atoms with Gasteiger partial charge in [-0.15, -0.1) is 0 Å². The van der Waals surface area contributed by atoms with Crippen molar-refractivity contribution < 1.29 is 14.0 Å². The van der Waals surface area contributed by atoms with Crippen molar-refractivity contribution in [1.82, 2.24) is 0 Å². The van der Waals surface area contributed by atoms with Crippen molar-refractivity contribution in [3.8, 4) is 0 Å². The smallest absolute Gasteiger partial charge is 0.302 e. The van der Waals surface area contributed by atoms with E-state index in [9.17, 15) is 4.79 Å². The first kappa shape index (κ1) is 27.7. The lowest BCUT2D eigenvalue weighted by molar-refractivity contribution is -0.152. The molecule has 5 atom stereocenters. The molecule has 0 heterocycles. The molecule has 0 radical (unpaired) electrons. The van der Waals surface area contributed by atoms with Gasteiger partial charge in [-0.25, -0.2) is 0 Å². The normalized spacial score (nSPS) is 30.2. The topological polar surface area (TPSA) is 35.5 Å². The predicted molar refractivity (Wildman–Crippen MR) is 165 cm³/mol. The van der Waals surface area contributed by atoms with E-state index in [1.54, 1.807) is 23.6 Å². The van der Waals surface area contributed by atoms with Crippen molar-refractivity contribution in [2.75, 3.05) is 0 Å². The van der Waals surface area contributed by atoms with Crippen LogP contribution in [-0.4, -0.2) is 26.5 Å². The molecular weight excluding hydrogens is 508 g/mol. The summed E-state index contributed by atoms with van der Waals surface area (Å²) in [5, 5.41) is 2.74. The summed E-state index contributed by atoms with van der Waals surface area (Å²) in [5.74, 6) is 1.01. The molecule has 2 aromatic rings. The van der Waals surface area contributed by atoms with Crippen LogP contribution in [0.5, 0.6) is 0 Å². The van der Waals surface area contributed by atoms with Crippen LogP contribution in [0.3, 0.4) is 0 Å². The molecule has 2 saturated carbocycles. The van der Waals surface area contributed by atoms with Crippen LogP contribution in [0.4, 0.5) is 0 Å². The number of allylic oxidation sites excluding steroid dienone is 3. The Morgan fingerprint density at radius 2 is 1.57 bits per heavy atom. The van der Waals surface area contributed by atoms with Crippen LogP contribution in [0.2, 0.25) is 5.04 Å². The largest absolute Gasteiger partial charge is 0.462 e. The fraction of sp³-hybridized carbons (Fsp3) is 0.528. The van der Waals surface area contributed by atoms with Crippen molar-refractivity contribution >= 4 is 24.7 Å². The van der Waals surface area contributed by atoms with E-state index in [0.29, 0.717) is 11.8 Å². The molecule has 4 aliphatic carbocycles. The molecule has 2 aromatic carbocycles. The third kappa shape index (κ3) is 4.56. The zero-order valence-corrected chi connectivity index (χ0v) is 26.0. The third-order valence-electron chi connectivity index (χ3n) is 10.8. The minimum absolute atomic E-state index is 0.00120. The van der Waals surface area contributed by atoms with E-state index in [1.165, 1.54) is 16.8 Å². The summed E-state index contributed by atoms with van der Waals surface area (Å²) < 4.78 is 13.4. The lowest BCUT2D eigenvalue weighted by Crippen LogP contribution is -2.67. The summed E-state index contributed by atoms with van der Waals surface area (Å²) in [6, 6.07) is 22.2. The highest BCUT2D eigenvalue weighted by Gasteiger charge is 2.55. The van der Waals surface area contributed by atoms with E-state index in [4.69, 9.17) is 9.16 Å². The second-order valence-electron chi connectivity index (χ2n) is 14.0. The van der Waals surface area contributed by atoms with E-state index >= 15 is 0 Å². The molecule has 40 heavy (non-hydrogen) atoms. The van der Waals surface area contributed by atoms with Gasteiger partial charge in [0.2, 0.25) is 0 Å². The second-order valence-corrected chi connectivity index (χ2v) is 18.3. The van der Waals surface area contributed by atoms with E-state index in [2.05, 4.69) is 94.4 Å². The van der Waals surface area contributed by atoms with Crippen LogP contribution in [0.15, 0.2) is 83.5 Å². The Bertz CT molecular complexity index is 1270. The summed E-state index contributed by atoms with van der Waals surface area (Å²) in [4.78, 5) is 11.8. The number of hydrogen-bond acceptors (Lipinski definition) is 3. The number of hydrogen-bond donors (Lipinski definition) is 0. The van der Waals surface area contributed by atoms with Crippen LogP contribution in [0.25, 0.3) is 0 Å². The molecule has 6 rings (SSSR count). The maximum absolute atomic E-state index is 11.8. The van der Waals surface area contributed by atoms with Crippen LogP contribution in [0.1, 0.15) is 86.0 Å². The average molecular weight is 555 g/mol. The molecule has 212 valence electrons. The summed E-state index contributed by atoms with van der Waals surface area (Å²) >= 11 is 0. The van der Waals surface area contributed by atoms with Gasteiger partial charge >= 0.3 is 5.97 Å². The first-order chi connectivity index (χ1) is 19.1. The molecule has 0 N–H and O–H groups in total. The first-order valence-electron chi connectivity index (χ1n) is 15.5. The molecule has 4 heteroatoms. The van der Waals surface area contributed by atoms with Gasteiger partial charge in [0.25, 0.3) is 8.32 Å². The first-order valence-corrected chi connectivity index (χ1v) is 17.4. The number of carbonyl (C=O) groups is 1. The SMILES string of the molecule is CC(=O)O[C@H]1CC[C@H]2C3=CCC4=C(CCC(O[Si](c5ccccc5)(c5ccccc5)C(C)(C)C)C4)[C@H]3CC[C@]12C. The Kier molecular flexibility index (Phi) is 7.24. The highest BCUT2D eigenvalue weighted by Crippen LogP contribution is 2.60. The van der Waals surface area contributed by atoms with Crippen LogP contribution >= 0.6 is 0 Å². The van der Waals surface area contributed by atoms with Gasteiger partial charge in [-0.3, -0.25) is 4.79 Å². The molecule has 4 aliphatic rings. The zero-order valence-electron chi connectivity index (χ0n) is 25.0. The molecule has 0 spiro atoms. The van der Waals surface area contributed by atoms with Gasteiger partial charge in [-0.2, -0.15) is 0 Å². The minimum Gasteiger partial charge on any atom is -0.462 e. The fourth-order valence-electron chi connectivity index (χ4n) is 8.92. The highest BCUT2D eigenvalue weighted by molar-refractivity contribution is 6.99. The standard InChI is InChI=1S/C36H46O3Si/c1-25(37)38-34-21-20-33-32-18-16-26-24-27(17-19-30(26)31(32)22-23-36(33,34)5)39-40(35(2,3)4,28-12-8-6-9-13-28)29-14-10-7-11-15-29/h6-15,18,27,31,33-34H,16-17,19-24H2,1-5H3/t27?,31-,33+,34+,36+/m1/s1. The zero-order chi connectivity index (χ0) is 28.1. The highest BCUT2D eigenvalue weighted by atomic mass is 28.4. The molecule has 0 saturated heterocycles. The molecular formula is C36H46O3Si. The van der Waals surface area contributed by atoms with Gasteiger partial charge in [0.1, 0.15) is 6.10 Å². The minimum atomic E-state index is -2.56. The third-order valence-corrected chi connectivity index (χ3v) is 15.9. The van der Waals surface area contributed by atoms with Crippen molar-refractivity contribution in [2.24, 2.45) is 17.3 Å². The van der Waals surface area contributed by atoms with E-state index in [-0.39, 0.29) is 28.6 Å². The second kappa shape index (κ2) is 10.4. The van der Waals surface area contributed by atoms with Crippen LogP contribution < -0.4 is 10.4 Å². The van der Waals surface area contributed by atoms with Crippen LogP contribution in [0, 0.1) is 17.3 Å². The number of carbonyl (C=O) groups excluding carboxylic acids is 1. The molecule has 0 bridgehead atoms. The summed E-state index contributed by atoms with van der Waals surface area (Å²) in [6.45, 7) is 11.1. The lowest BCUT2D eigenvalue weighted by Gasteiger charge is -2.49. The molecule has 0 amide bonds. The fourth-order valence-corrected chi connectivity index (χ4v) is 13.6. The Morgan fingerprint density at radius 3 is 2.17 bits per heavy atom. The molecule has 0 aliphatic heterocycles. The summed E-state index contributed by atoms with van der Waals surface area (Å²) in [5.41, 5.74) is 5.11.